The Morgan fingerprint density at radius 3 is 2.39 bits per heavy atom. The van der Waals surface area contributed by atoms with Crippen LogP contribution in [-0.4, -0.2) is 29.4 Å². The van der Waals surface area contributed by atoms with E-state index in [1.165, 1.54) is 12.1 Å². The van der Waals surface area contributed by atoms with E-state index in [-0.39, 0.29) is 24.9 Å². The van der Waals surface area contributed by atoms with E-state index in [0.717, 1.165) is 19.3 Å². The lowest BCUT2D eigenvalue weighted by molar-refractivity contribution is -0.138. The van der Waals surface area contributed by atoms with Crippen LogP contribution in [0.3, 0.4) is 0 Å². The number of nitrogens with zero attached hydrogens (tertiary/aromatic N) is 1. The van der Waals surface area contributed by atoms with Crippen LogP contribution in [0.4, 0.5) is 34.6 Å². The number of aliphatic hydroxyl groups excluding tert-OH is 1. The van der Waals surface area contributed by atoms with E-state index in [1.54, 1.807) is 6.92 Å². The number of aromatic nitrogens is 1. The van der Waals surface area contributed by atoms with Crippen molar-refractivity contribution in [3.8, 4) is 0 Å². The Morgan fingerprint density at radius 1 is 1.23 bits per heavy atom. The van der Waals surface area contributed by atoms with E-state index >= 15 is 0 Å². The zero-order valence-corrected chi connectivity index (χ0v) is 17.5. The molecule has 1 aromatic carbocycles. The fourth-order valence-electron chi connectivity index (χ4n) is 3.31. The van der Waals surface area contributed by atoms with Crippen LogP contribution in [-0.2, 0) is 23.2 Å². The number of anilines is 3. The van der Waals surface area contributed by atoms with Crippen LogP contribution >= 0.6 is 0 Å². The Hall–Kier alpha value is -2.60. The number of hydrogen-bond acceptors (Lipinski definition) is 5. The lowest BCUT2D eigenvalue weighted by Gasteiger charge is -2.22. The normalized spacial score (nSPS) is 15.6. The highest BCUT2D eigenvalue weighted by atomic mass is 32.2. The molecule has 1 heterocycles. The Kier molecular flexibility index (Phi) is 5.82. The molecule has 12 heteroatoms. The number of aliphatic hydroxyl groups is 1. The molecule has 7 nitrogen and oxygen atoms in total. The first-order valence-electron chi connectivity index (χ1n) is 9.28. The highest BCUT2D eigenvalue weighted by molar-refractivity contribution is 7.94. The fourth-order valence-corrected chi connectivity index (χ4v) is 4.97. The maximum atomic E-state index is 14.3. The molecule has 170 valence electrons. The minimum absolute atomic E-state index is 0.0877. The zero-order chi connectivity index (χ0) is 23.2. The van der Waals surface area contributed by atoms with Crippen LogP contribution < -0.4 is 15.6 Å². The van der Waals surface area contributed by atoms with Gasteiger partial charge in [0.1, 0.15) is 11.4 Å². The van der Waals surface area contributed by atoms with E-state index in [1.807, 2.05) is 0 Å². The molecule has 0 saturated heterocycles. The molecule has 0 atom stereocenters. The van der Waals surface area contributed by atoms with Gasteiger partial charge in [0.2, 0.25) is 10.0 Å². The van der Waals surface area contributed by atoms with Crippen molar-refractivity contribution in [1.29, 1.82) is 0 Å². The van der Waals surface area contributed by atoms with Gasteiger partial charge in [-0.15, -0.1) is 0 Å². The third-order valence-electron chi connectivity index (χ3n) is 5.23. The Labute approximate surface area is 175 Å². The van der Waals surface area contributed by atoms with Gasteiger partial charge < -0.3 is 15.0 Å². The third-order valence-corrected chi connectivity index (χ3v) is 7.47. The summed E-state index contributed by atoms with van der Waals surface area (Å²) in [5, 5.41) is 11.4. The number of aryl methyl sites for hydroxylation is 2. The van der Waals surface area contributed by atoms with Crippen molar-refractivity contribution >= 4 is 27.1 Å². The van der Waals surface area contributed by atoms with Crippen LogP contribution in [0.5, 0.6) is 0 Å². The van der Waals surface area contributed by atoms with Crippen LogP contribution in [0.25, 0.3) is 0 Å². The van der Waals surface area contributed by atoms with Crippen LogP contribution in [0.15, 0.2) is 29.2 Å². The van der Waals surface area contributed by atoms with Crippen molar-refractivity contribution < 1.29 is 31.1 Å². The second-order valence-electron chi connectivity index (χ2n) is 7.58. The van der Waals surface area contributed by atoms with Gasteiger partial charge in [0.25, 0.3) is 5.56 Å². The monoisotopic (exact) mass is 463 g/mol. The Bertz CT molecular complexity index is 1170. The summed E-state index contributed by atoms with van der Waals surface area (Å²) in [7, 11) is -3.17. The van der Waals surface area contributed by atoms with E-state index in [2.05, 4.69) is 10.0 Å². The molecule has 0 amide bonds. The second kappa shape index (κ2) is 7.83. The van der Waals surface area contributed by atoms with Gasteiger partial charge in [0.15, 0.2) is 0 Å². The van der Waals surface area contributed by atoms with E-state index in [0.29, 0.717) is 10.1 Å². The number of alkyl halides is 3. The number of halogens is 4. The summed E-state index contributed by atoms with van der Waals surface area (Å²) in [6, 6.07) is 3.72. The second-order valence-corrected chi connectivity index (χ2v) is 9.65. The minimum Gasteiger partial charge on any atom is -0.396 e. The Morgan fingerprint density at radius 2 is 1.87 bits per heavy atom. The first kappa shape index (κ1) is 23.1. The third kappa shape index (κ3) is 4.40. The maximum Gasteiger partial charge on any atom is 0.423 e. The molecular formula is C19H21F4N3O4S. The summed E-state index contributed by atoms with van der Waals surface area (Å²) < 4.78 is 82.8. The average molecular weight is 463 g/mol. The maximum absolute atomic E-state index is 14.3. The molecule has 1 aromatic heterocycles. The van der Waals surface area contributed by atoms with Crippen LogP contribution in [0.2, 0.25) is 0 Å². The average Bonchev–Trinajstić information content (AvgIpc) is 3.42. The first-order chi connectivity index (χ1) is 14.3. The number of hydrogen-bond donors (Lipinski definition) is 3. The number of nitrogens with one attached hydrogen (secondary N) is 2. The lowest BCUT2D eigenvalue weighted by atomic mass is 10.1. The predicted octanol–water partition coefficient (Wildman–Crippen LogP) is 3.25. The van der Waals surface area contributed by atoms with Gasteiger partial charge in [-0.1, -0.05) is 6.07 Å². The smallest absolute Gasteiger partial charge is 0.396 e. The molecule has 0 radical (unpaired) electrons. The van der Waals surface area contributed by atoms with Gasteiger partial charge in [0, 0.05) is 19.9 Å². The van der Waals surface area contributed by atoms with Crippen LogP contribution in [0, 0.1) is 12.7 Å². The van der Waals surface area contributed by atoms with Crippen molar-refractivity contribution in [3.63, 3.8) is 0 Å². The van der Waals surface area contributed by atoms with E-state index < -0.39 is 55.9 Å². The molecule has 1 aliphatic carbocycles. The molecule has 1 fully saturated rings. The van der Waals surface area contributed by atoms with E-state index in [9.17, 15) is 30.8 Å². The molecule has 3 N–H and O–H groups in total. The summed E-state index contributed by atoms with van der Waals surface area (Å²) >= 11 is 0. The number of benzene rings is 1. The zero-order valence-electron chi connectivity index (χ0n) is 16.7. The molecule has 1 saturated carbocycles. The molecule has 0 bridgehead atoms. The predicted molar refractivity (Wildman–Crippen MR) is 107 cm³/mol. The van der Waals surface area contributed by atoms with Crippen molar-refractivity contribution in [2.45, 2.75) is 37.1 Å². The SMILES string of the molecule is Cc1ccc(Nc2c(NS(=O)(=O)C3(CCO)CC3)cn(C)c(=O)c2C(F)(F)F)c(F)c1. The first-order valence-corrected chi connectivity index (χ1v) is 10.8. The number of sulfonamides is 1. The number of rotatable bonds is 7. The largest absolute Gasteiger partial charge is 0.423 e. The van der Waals surface area contributed by atoms with Gasteiger partial charge in [0.05, 0.1) is 21.8 Å². The molecular weight excluding hydrogens is 442 g/mol. The number of pyridine rings is 1. The molecule has 1 aliphatic rings. The van der Waals surface area contributed by atoms with Crippen molar-refractivity contribution in [1.82, 2.24) is 4.57 Å². The quantitative estimate of drug-likeness (QED) is 0.548. The van der Waals surface area contributed by atoms with Gasteiger partial charge >= 0.3 is 6.18 Å². The fraction of sp³-hybridized carbons (Fsp3) is 0.421. The molecule has 0 aliphatic heterocycles. The van der Waals surface area contributed by atoms with Crippen molar-refractivity contribution in [2.75, 3.05) is 16.6 Å². The summed E-state index contributed by atoms with van der Waals surface area (Å²) in [6.07, 6.45) is -3.87. The highest BCUT2D eigenvalue weighted by Crippen LogP contribution is 2.48. The van der Waals surface area contributed by atoms with Crippen LogP contribution in [0.1, 0.15) is 30.4 Å². The summed E-state index contributed by atoms with van der Waals surface area (Å²) in [5.74, 6) is -0.874. The molecule has 0 unspecified atom stereocenters. The summed E-state index contributed by atoms with van der Waals surface area (Å²) in [6.45, 7) is 1.17. The van der Waals surface area contributed by atoms with Gasteiger partial charge in [-0.3, -0.25) is 9.52 Å². The van der Waals surface area contributed by atoms with E-state index in [4.69, 9.17) is 5.11 Å². The molecule has 2 aromatic rings. The van der Waals surface area contributed by atoms with Crippen molar-refractivity contribution in [2.24, 2.45) is 7.05 Å². The van der Waals surface area contributed by atoms with Crippen molar-refractivity contribution in [3.05, 3.63) is 51.7 Å². The lowest BCUT2D eigenvalue weighted by Crippen LogP contribution is -2.33. The van der Waals surface area contributed by atoms with Gasteiger partial charge in [-0.2, -0.15) is 13.2 Å². The highest BCUT2D eigenvalue weighted by Gasteiger charge is 2.54. The summed E-state index contributed by atoms with van der Waals surface area (Å²) in [4.78, 5) is 12.3. The topological polar surface area (TPSA) is 100 Å². The van der Waals surface area contributed by atoms with Gasteiger partial charge in [-0.25, -0.2) is 12.8 Å². The molecule has 0 spiro atoms. The minimum atomic E-state index is -5.15. The standard InChI is InChI=1S/C19H21F4N3O4S/c1-11-3-4-13(12(20)9-11)24-16-14(10-26(2)17(28)15(16)19(21,22)23)25-31(29,30)18(5-6-18)7-8-27/h3-4,9-10,24-25,27H,5-8H2,1-2H3. The van der Waals surface area contributed by atoms with Gasteiger partial charge in [-0.05, 0) is 43.9 Å². The molecule has 3 rings (SSSR count). The molecule has 31 heavy (non-hydrogen) atoms. The summed E-state index contributed by atoms with van der Waals surface area (Å²) in [5.41, 5.74) is -4.39. The Balaban J connectivity index is 2.19.